The number of nitrogens with one attached hydrogen (secondary N) is 1. The Morgan fingerprint density at radius 1 is 1.19 bits per heavy atom. The quantitative estimate of drug-likeness (QED) is 0.828. The van der Waals surface area contributed by atoms with Crippen molar-refractivity contribution in [2.45, 2.75) is 20.3 Å². The summed E-state index contributed by atoms with van der Waals surface area (Å²) in [7, 11) is 0. The number of ether oxygens (including phenoxy) is 1. The zero-order chi connectivity index (χ0) is 15.2. The molecule has 0 aliphatic rings. The van der Waals surface area contributed by atoms with Crippen LogP contribution in [0, 0.1) is 13.8 Å². The minimum atomic E-state index is -0.0624. The first-order valence-corrected chi connectivity index (χ1v) is 6.90. The van der Waals surface area contributed by atoms with Gasteiger partial charge in [-0.05, 0) is 43.2 Å². The Kier molecular flexibility index (Phi) is 4.82. The first-order valence-electron chi connectivity index (χ1n) is 6.90. The zero-order valence-electron chi connectivity index (χ0n) is 12.3. The number of benzene rings is 2. The molecule has 2 rings (SSSR count). The Morgan fingerprint density at radius 2 is 1.95 bits per heavy atom. The van der Waals surface area contributed by atoms with Crippen molar-refractivity contribution in [2.75, 3.05) is 17.7 Å². The molecule has 0 saturated heterocycles. The number of rotatable bonds is 5. The van der Waals surface area contributed by atoms with E-state index < -0.39 is 0 Å². The minimum absolute atomic E-state index is 0.0624. The number of amides is 1. The predicted octanol–water partition coefficient (Wildman–Crippen LogP) is 3.29. The van der Waals surface area contributed by atoms with Gasteiger partial charge in [-0.2, -0.15) is 0 Å². The molecule has 0 bridgehead atoms. The van der Waals surface area contributed by atoms with Crippen LogP contribution in [0.4, 0.5) is 11.4 Å². The number of hydrogen-bond donors (Lipinski definition) is 2. The van der Waals surface area contributed by atoms with E-state index in [9.17, 15) is 4.79 Å². The van der Waals surface area contributed by atoms with Gasteiger partial charge in [0.25, 0.3) is 0 Å². The van der Waals surface area contributed by atoms with Crippen LogP contribution in [0.25, 0.3) is 0 Å². The number of carbonyl (C=O) groups is 1. The van der Waals surface area contributed by atoms with Gasteiger partial charge in [-0.1, -0.05) is 18.2 Å². The molecule has 0 spiro atoms. The Labute approximate surface area is 124 Å². The molecule has 21 heavy (non-hydrogen) atoms. The lowest BCUT2D eigenvalue weighted by atomic mass is 10.1. The fourth-order valence-electron chi connectivity index (χ4n) is 1.97. The van der Waals surface area contributed by atoms with Gasteiger partial charge >= 0.3 is 0 Å². The SMILES string of the molecule is Cc1cccc(NC(=O)CCOc2cccc(N)c2)c1C. The van der Waals surface area contributed by atoms with E-state index in [0.717, 1.165) is 16.8 Å². The third-order valence-electron chi connectivity index (χ3n) is 3.33. The predicted molar refractivity (Wildman–Crippen MR) is 85.5 cm³/mol. The highest BCUT2D eigenvalue weighted by Crippen LogP contribution is 2.18. The van der Waals surface area contributed by atoms with Crippen LogP contribution in [0.2, 0.25) is 0 Å². The fourth-order valence-corrected chi connectivity index (χ4v) is 1.97. The highest BCUT2D eigenvalue weighted by molar-refractivity contribution is 5.91. The normalized spacial score (nSPS) is 10.2. The van der Waals surface area contributed by atoms with Crippen LogP contribution < -0.4 is 15.8 Å². The number of nitrogen functional groups attached to an aromatic ring is 1. The standard InChI is InChI=1S/C17H20N2O2/c1-12-5-3-8-16(13(12)2)19-17(20)9-10-21-15-7-4-6-14(18)11-15/h3-8,11H,9-10,18H2,1-2H3,(H,19,20). The Balaban J connectivity index is 1.84. The maximum absolute atomic E-state index is 11.9. The molecule has 0 radical (unpaired) electrons. The van der Waals surface area contributed by atoms with E-state index in [0.29, 0.717) is 24.5 Å². The van der Waals surface area contributed by atoms with E-state index >= 15 is 0 Å². The van der Waals surface area contributed by atoms with Gasteiger partial charge in [0.2, 0.25) is 5.91 Å². The van der Waals surface area contributed by atoms with E-state index in [1.54, 1.807) is 12.1 Å². The molecule has 0 heterocycles. The molecule has 2 aromatic carbocycles. The molecular formula is C17H20N2O2. The smallest absolute Gasteiger partial charge is 0.227 e. The van der Waals surface area contributed by atoms with E-state index in [1.807, 2.05) is 44.2 Å². The number of carbonyl (C=O) groups excluding carboxylic acids is 1. The van der Waals surface area contributed by atoms with Gasteiger partial charge in [0.05, 0.1) is 13.0 Å². The maximum Gasteiger partial charge on any atom is 0.227 e. The van der Waals surface area contributed by atoms with Crippen LogP contribution >= 0.6 is 0 Å². The number of anilines is 2. The van der Waals surface area contributed by atoms with Gasteiger partial charge in [-0.3, -0.25) is 4.79 Å². The Bertz CT molecular complexity index is 638. The first kappa shape index (κ1) is 14.9. The molecule has 0 atom stereocenters. The lowest BCUT2D eigenvalue weighted by molar-refractivity contribution is -0.116. The van der Waals surface area contributed by atoms with Crippen molar-refractivity contribution in [3.05, 3.63) is 53.6 Å². The van der Waals surface area contributed by atoms with Crippen molar-refractivity contribution in [3.8, 4) is 5.75 Å². The summed E-state index contributed by atoms with van der Waals surface area (Å²) in [6.07, 6.45) is 0.294. The molecule has 0 aromatic heterocycles. The number of hydrogen-bond acceptors (Lipinski definition) is 3. The van der Waals surface area contributed by atoms with Gasteiger partial charge < -0.3 is 15.8 Å². The molecule has 4 heteroatoms. The van der Waals surface area contributed by atoms with Gasteiger partial charge in [-0.25, -0.2) is 0 Å². The second-order valence-corrected chi connectivity index (χ2v) is 4.97. The second-order valence-electron chi connectivity index (χ2n) is 4.97. The van der Waals surface area contributed by atoms with E-state index in [4.69, 9.17) is 10.5 Å². The topological polar surface area (TPSA) is 64.3 Å². The summed E-state index contributed by atoms with van der Waals surface area (Å²) in [5.74, 6) is 0.613. The summed E-state index contributed by atoms with van der Waals surface area (Å²) in [6, 6.07) is 13.0. The van der Waals surface area contributed by atoms with Crippen LogP contribution in [0.15, 0.2) is 42.5 Å². The molecule has 0 unspecified atom stereocenters. The average molecular weight is 284 g/mol. The third kappa shape index (κ3) is 4.24. The minimum Gasteiger partial charge on any atom is -0.493 e. The molecule has 0 fully saturated rings. The Hall–Kier alpha value is -2.49. The van der Waals surface area contributed by atoms with E-state index in [1.165, 1.54) is 0 Å². The molecule has 2 aromatic rings. The van der Waals surface area contributed by atoms with Crippen molar-refractivity contribution in [1.29, 1.82) is 0 Å². The lowest BCUT2D eigenvalue weighted by Crippen LogP contribution is -2.16. The average Bonchev–Trinajstić information content (AvgIpc) is 2.44. The van der Waals surface area contributed by atoms with Gasteiger partial charge in [0.1, 0.15) is 5.75 Å². The van der Waals surface area contributed by atoms with Gasteiger partial charge in [0, 0.05) is 17.4 Å². The van der Waals surface area contributed by atoms with E-state index in [-0.39, 0.29) is 5.91 Å². The van der Waals surface area contributed by atoms with Crippen LogP contribution in [0.5, 0.6) is 5.75 Å². The molecule has 4 nitrogen and oxygen atoms in total. The van der Waals surface area contributed by atoms with Crippen molar-refractivity contribution in [3.63, 3.8) is 0 Å². The van der Waals surface area contributed by atoms with Crippen LogP contribution in [-0.4, -0.2) is 12.5 Å². The summed E-state index contributed by atoms with van der Waals surface area (Å²) >= 11 is 0. The van der Waals surface area contributed by atoms with Crippen molar-refractivity contribution >= 4 is 17.3 Å². The van der Waals surface area contributed by atoms with Crippen molar-refractivity contribution < 1.29 is 9.53 Å². The third-order valence-corrected chi connectivity index (χ3v) is 3.33. The Morgan fingerprint density at radius 3 is 2.71 bits per heavy atom. The number of nitrogens with two attached hydrogens (primary N) is 1. The number of aryl methyl sites for hydroxylation is 1. The second kappa shape index (κ2) is 6.79. The van der Waals surface area contributed by atoms with Gasteiger partial charge in [0.15, 0.2) is 0 Å². The molecule has 0 aliphatic carbocycles. The van der Waals surface area contributed by atoms with Crippen LogP contribution in [0.1, 0.15) is 17.5 Å². The van der Waals surface area contributed by atoms with Crippen LogP contribution in [0.3, 0.4) is 0 Å². The first-order chi connectivity index (χ1) is 10.1. The molecule has 0 saturated carbocycles. The highest BCUT2D eigenvalue weighted by atomic mass is 16.5. The zero-order valence-corrected chi connectivity index (χ0v) is 12.3. The van der Waals surface area contributed by atoms with Crippen molar-refractivity contribution in [1.82, 2.24) is 0 Å². The van der Waals surface area contributed by atoms with E-state index in [2.05, 4.69) is 5.32 Å². The summed E-state index contributed by atoms with van der Waals surface area (Å²) in [4.78, 5) is 11.9. The van der Waals surface area contributed by atoms with Gasteiger partial charge in [-0.15, -0.1) is 0 Å². The maximum atomic E-state index is 11.9. The molecule has 3 N–H and O–H groups in total. The molecular weight excluding hydrogens is 264 g/mol. The van der Waals surface area contributed by atoms with Crippen LogP contribution in [-0.2, 0) is 4.79 Å². The van der Waals surface area contributed by atoms with Crippen molar-refractivity contribution in [2.24, 2.45) is 0 Å². The summed E-state index contributed by atoms with van der Waals surface area (Å²) in [5, 5.41) is 2.91. The molecule has 1 amide bonds. The largest absolute Gasteiger partial charge is 0.493 e. The highest BCUT2D eigenvalue weighted by Gasteiger charge is 2.06. The summed E-state index contributed by atoms with van der Waals surface area (Å²) in [6.45, 7) is 4.34. The fraction of sp³-hybridized carbons (Fsp3) is 0.235. The lowest BCUT2D eigenvalue weighted by Gasteiger charge is -2.11. The monoisotopic (exact) mass is 284 g/mol. The summed E-state index contributed by atoms with van der Waals surface area (Å²) in [5.41, 5.74) is 9.40. The molecule has 110 valence electrons. The molecule has 0 aliphatic heterocycles. The summed E-state index contributed by atoms with van der Waals surface area (Å²) < 4.78 is 5.51.